The molecule has 5 heteroatoms. The van der Waals surface area contributed by atoms with Crippen LogP contribution in [0.4, 0.5) is 5.69 Å². The largest absolute Gasteiger partial charge is 0.324 e. The first-order chi connectivity index (χ1) is 9.68. The summed E-state index contributed by atoms with van der Waals surface area (Å²) in [6.45, 7) is 6.64. The van der Waals surface area contributed by atoms with Crippen molar-refractivity contribution in [3.05, 3.63) is 28.2 Å². The summed E-state index contributed by atoms with van der Waals surface area (Å²) in [5.41, 5.74) is 0.332. The standard InChI is InChI=1S/C16H18BrCl2NO/c1-14(2)15(3)7-8-16(14,12(15)17)13(21)20-10-6-4-5-9(18)11(10)19/h4-6,12H,7-8H2,1-3H3,(H,20,21)/t12-,15-,16+/m1/s1. The van der Waals surface area contributed by atoms with Gasteiger partial charge in [0.1, 0.15) is 0 Å². The van der Waals surface area contributed by atoms with Gasteiger partial charge < -0.3 is 5.32 Å². The number of fused-ring (bicyclic) bond motifs is 1. The molecule has 0 radical (unpaired) electrons. The van der Waals surface area contributed by atoms with Crippen molar-refractivity contribution in [1.82, 2.24) is 0 Å². The Hall–Kier alpha value is -0.250. The molecule has 1 amide bonds. The molecular weight excluding hydrogens is 373 g/mol. The number of amides is 1. The molecular formula is C16H18BrCl2NO. The molecule has 0 unspecified atom stereocenters. The second-order valence-electron chi connectivity index (χ2n) is 6.93. The van der Waals surface area contributed by atoms with Crippen LogP contribution in [0.1, 0.15) is 33.6 Å². The van der Waals surface area contributed by atoms with Crippen LogP contribution in [0.2, 0.25) is 10.0 Å². The SMILES string of the molecule is CC1(C)[C@]2(C)CC[C@@]1(C(=O)Nc1cccc(Cl)c1Cl)[C@@H]2Br. The van der Waals surface area contributed by atoms with Crippen LogP contribution in [-0.4, -0.2) is 10.7 Å². The molecule has 2 bridgehead atoms. The van der Waals surface area contributed by atoms with E-state index in [2.05, 4.69) is 42.0 Å². The highest BCUT2D eigenvalue weighted by Gasteiger charge is 2.80. The van der Waals surface area contributed by atoms with E-state index >= 15 is 0 Å². The third-order valence-corrected chi connectivity index (χ3v) is 8.79. The van der Waals surface area contributed by atoms with Crippen LogP contribution in [0.5, 0.6) is 0 Å². The van der Waals surface area contributed by atoms with Crippen molar-refractivity contribution in [3.63, 3.8) is 0 Å². The van der Waals surface area contributed by atoms with Gasteiger partial charge in [-0.1, -0.05) is 66.0 Å². The Bertz CT molecular complexity index is 633. The van der Waals surface area contributed by atoms with E-state index < -0.39 is 0 Å². The lowest BCUT2D eigenvalue weighted by Crippen LogP contribution is -2.68. The lowest BCUT2D eigenvalue weighted by Gasteiger charge is -2.64. The molecule has 3 fully saturated rings. The maximum Gasteiger partial charge on any atom is 0.232 e. The van der Waals surface area contributed by atoms with E-state index in [1.807, 2.05) is 0 Å². The summed E-state index contributed by atoms with van der Waals surface area (Å²) in [5, 5.41) is 3.84. The Morgan fingerprint density at radius 3 is 2.48 bits per heavy atom. The second kappa shape index (κ2) is 4.62. The van der Waals surface area contributed by atoms with Crippen molar-refractivity contribution in [1.29, 1.82) is 0 Å². The minimum atomic E-state index is -0.382. The molecule has 1 aromatic carbocycles. The molecule has 3 saturated carbocycles. The van der Waals surface area contributed by atoms with Crippen LogP contribution in [-0.2, 0) is 4.79 Å². The number of nitrogens with one attached hydrogen (secondary N) is 1. The van der Waals surface area contributed by atoms with E-state index in [-0.39, 0.29) is 27.0 Å². The molecule has 21 heavy (non-hydrogen) atoms. The average Bonchev–Trinajstić information content (AvgIpc) is 2.83. The Labute approximate surface area is 143 Å². The molecule has 1 aromatic rings. The van der Waals surface area contributed by atoms with E-state index in [0.717, 1.165) is 12.8 Å². The van der Waals surface area contributed by atoms with Crippen molar-refractivity contribution >= 4 is 50.7 Å². The number of alkyl halides is 1. The zero-order valence-electron chi connectivity index (χ0n) is 12.3. The van der Waals surface area contributed by atoms with Gasteiger partial charge in [-0.15, -0.1) is 0 Å². The summed E-state index contributed by atoms with van der Waals surface area (Å²) in [4.78, 5) is 13.2. The van der Waals surface area contributed by atoms with E-state index in [0.29, 0.717) is 15.7 Å². The molecule has 1 N–H and O–H groups in total. The average molecular weight is 391 g/mol. The Morgan fingerprint density at radius 1 is 1.29 bits per heavy atom. The number of benzene rings is 1. The van der Waals surface area contributed by atoms with E-state index in [9.17, 15) is 4.79 Å². The van der Waals surface area contributed by atoms with Gasteiger partial charge >= 0.3 is 0 Å². The Kier molecular flexibility index (Phi) is 3.44. The summed E-state index contributed by atoms with van der Waals surface area (Å²) in [5.74, 6) is 0.0357. The maximum absolute atomic E-state index is 13.0. The number of halogens is 3. The van der Waals surface area contributed by atoms with Crippen LogP contribution in [0, 0.1) is 16.2 Å². The van der Waals surface area contributed by atoms with Gasteiger partial charge in [-0.2, -0.15) is 0 Å². The number of rotatable bonds is 2. The van der Waals surface area contributed by atoms with Gasteiger partial charge in [0.15, 0.2) is 0 Å². The number of anilines is 1. The molecule has 3 aliphatic carbocycles. The van der Waals surface area contributed by atoms with E-state index in [1.165, 1.54) is 0 Å². The lowest BCUT2D eigenvalue weighted by atomic mass is 9.43. The molecule has 0 saturated heterocycles. The Balaban J connectivity index is 1.92. The number of hydrogen-bond donors (Lipinski definition) is 1. The predicted octanol–water partition coefficient (Wildman–Crippen LogP) is 5.52. The zero-order chi connectivity index (χ0) is 15.6. The zero-order valence-corrected chi connectivity index (χ0v) is 15.4. The van der Waals surface area contributed by atoms with Crippen LogP contribution in [0.15, 0.2) is 18.2 Å². The van der Waals surface area contributed by atoms with Crippen molar-refractivity contribution in [3.8, 4) is 0 Å². The molecule has 0 aromatic heterocycles. The fourth-order valence-electron chi connectivity index (χ4n) is 4.29. The lowest BCUT2D eigenvalue weighted by molar-refractivity contribution is -0.155. The highest BCUT2D eigenvalue weighted by molar-refractivity contribution is 9.09. The predicted molar refractivity (Wildman–Crippen MR) is 91.4 cm³/mol. The van der Waals surface area contributed by atoms with Gasteiger partial charge in [-0.3, -0.25) is 4.79 Å². The third-order valence-electron chi connectivity index (χ3n) is 6.18. The monoisotopic (exact) mass is 389 g/mol. The van der Waals surface area contributed by atoms with Crippen molar-refractivity contribution in [2.24, 2.45) is 16.2 Å². The van der Waals surface area contributed by atoms with Gasteiger partial charge in [0.2, 0.25) is 5.91 Å². The van der Waals surface area contributed by atoms with Gasteiger partial charge in [-0.25, -0.2) is 0 Å². The first kappa shape index (κ1) is 15.6. The number of hydrogen-bond acceptors (Lipinski definition) is 1. The van der Waals surface area contributed by atoms with Crippen molar-refractivity contribution < 1.29 is 4.79 Å². The molecule has 114 valence electrons. The van der Waals surface area contributed by atoms with Gasteiger partial charge in [0.05, 0.1) is 21.1 Å². The van der Waals surface area contributed by atoms with Crippen molar-refractivity contribution in [2.75, 3.05) is 5.32 Å². The fraction of sp³-hybridized carbons (Fsp3) is 0.562. The van der Waals surface area contributed by atoms with E-state index in [1.54, 1.807) is 18.2 Å². The normalized spacial score (nSPS) is 36.2. The quantitative estimate of drug-likeness (QED) is 0.661. The molecule has 3 atom stereocenters. The Morgan fingerprint density at radius 2 is 1.95 bits per heavy atom. The van der Waals surface area contributed by atoms with E-state index in [4.69, 9.17) is 23.2 Å². The third kappa shape index (κ3) is 1.69. The highest BCUT2D eigenvalue weighted by Crippen LogP contribution is 2.79. The molecule has 4 rings (SSSR count). The molecule has 3 aliphatic rings. The maximum atomic E-state index is 13.0. The summed E-state index contributed by atoms with van der Waals surface area (Å²) in [7, 11) is 0. The van der Waals surface area contributed by atoms with Crippen molar-refractivity contribution in [2.45, 2.75) is 38.4 Å². The van der Waals surface area contributed by atoms with Crippen LogP contribution in [0.3, 0.4) is 0 Å². The van der Waals surface area contributed by atoms with Crippen LogP contribution < -0.4 is 5.32 Å². The molecule has 0 aliphatic heterocycles. The highest BCUT2D eigenvalue weighted by atomic mass is 79.9. The van der Waals surface area contributed by atoms with Gasteiger partial charge in [0.25, 0.3) is 0 Å². The summed E-state index contributed by atoms with van der Waals surface area (Å²) in [6.07, 6.45) is 1.96. The number of carbonyl (C=O) groups excluding carboxylic acids is 1. The summed E-state index contributed by atoms with van der Waals surface area (Å²) >= 11 is 16.0. The molecule has 2 nitrogen and oxygen atoms in total. The fourth-order valence-corrected chi connectivity index (χ4v) is 6.45. The second-order valence-corrected chi connectivity index (χ2v) is 8.63. The van der Waals surface area contributed by atoms with Crippen LogP contribution in [0.25, 0.3) is 0 Å². The minimum absolute atomic E-state index is 0.0357. The topological polar surface area (TPSA) is 29.1 Å². The minimum Gasteiger partial charge on any atom is -0.324 e. The summed E-state index contributed by atoms with van der Waals surface area (Å²) in [6, 6.07) is 5.29. The first-order valence-corrected chi connectivity index (χ1v) is 8.75. The van der Waals surface area contributed by atoms with Crippen LogP contribution >= 0.6 is 39.1 Å². The first-order valence-electron chi connectivity index (χ1n) is 7.08. The molecule has 0 heterocycles. The smallest absolute Gasteiger partial charge is 0.232 e. The summed E-state index contributed by atoms with van der Waals surface area (Å²) < 4.78 is 0. The van der Waals surface area contributed by atoms with Gasteiger partial charge in [0, 0.05) is 4.83 Å². The number of carbonyl (C=O) groups is 1. The van der Waals surface area contributed by atoms with Gasteiger partial charge in [-0.05, 0) is 35.8 Å². The molecule has 0 spiro atoms.